The Labute approximate surface area is 125 Å². The molecule has 21 heavy (non-hydrogen) atoms. The van der Waals surface area contributed by atoms with Gasteiger partial charge in [-0.2, -0.15) is 0 Å². The number of rotatable bonds is 10. The zero-order valence-electron chi connectivity index (χ0n) is 12.6. The number of nitrogens with zero attached hydrogens (tertiary/aromatic N) is 1. The molecule has 0 saturated heterocycles. The van der Waals surface area contributed by atoms with E-state index in [1.54, 1.807) is 19.4 Å². The van der Waals surface area contributed by atoms with Gasteiger partial charge in [0.25, 0.3) is 0 Å². The fraction of sp³-hybridized carbons (Fsp3) is 0.533. The molecule has 0 aliphatic carbocycles. The van der Waals surface area contributed by atoms with Crippen LogP contribution in [0.4, 0.5) is 0 Å². The van der Waals surface area contributed by atoms with Crippen LogP contribution in [0.3, 0.4) is 0 Å². The van der Waals surface area contributed by atoms with Crippen molar-refractivity contribution in [3.05, 3.63) is 30.4 Å². The van der Waals surface area contributed by atoms with E-state index < -0.39 is 0 Å². The fourth-order valence-corrected chi connectivity index (χ4v) is 1.79. The maximum absolute atomic E-state index is 11.6. The van der Waals surface area contributed by atoms with E-state index in [9.17, 15) is 9.59 Å². The van der Waals surface area contributed by atoms with Crippen LogP contribution in [0, 0.1) is 0 Å². The van der Waals surface area contributed by atoms with Gasteiger partial charge in [0.05, 0.1) is 6.33 Å². The van der Waals surface area contributed by atoms with Crippen molar-refractivity contribution in [3.63, 3.8) is 0 Å². The van der Waals surface area contributed by atoms with E-state index >= 15 is 0 Å². The molecule has 0 unspecified atom stereocenters. The number of nitrogens with one attached hydrogen (secondary N) is 3. The predicted octanol–water partition coefficient (Wildman–Crippen LogP) is 1.32. The monoisotopic (exact) mass is 292 g/mol. The van der Waals surface area contributed by atoms with Crippen molar-refractivity contribution in [2.75, 3.05) is 13.1 Å². The van der Waals surface area contributed by atoms with Gasteiger partial charge < -0.3 is 15.6 Å². The molecule has 1 aromatic heterocycles. The Kier molecular flexibility index (Phi) is 7.86. The number of aromatic amines is 1. The minimum absolute atomic E-state index is 0.0699. The first-order valence-electron chi connectivity index (χ1n) is 7.27. The largest absolute Gasteiger partial charge is 0.356 e. The Morgan fingerprint density at radius 2 is 2.05 bits per heavy atom. The van der Waals surface area contributed by atoms with Crippen molar-refractivity contribution in [2.24, 2.45) is 0 Å². The lowest BCUT2D eigenvalue weighted by Gasteiger charge is -2.05. The minimum atomic E-state index is -0.105. The molecule has 0 aromatic carbocycles. The molecule has 0 radical (unpaired) electrons. The first-order valence-corrected chi connectivity index (χ1v) is 7.27. The summed E-state index contributed by atoms with van der Waals surface area (Å²) in [5.41, 5.74) is 1.54. The van der Waals surface area contributed by atoms with Gasteiger partial charge in [0, 0.05) is 43.4 Å². The van der Waals surface area contributed by atoms with Gasteiger partial charge >= 0.3 is 0 Å². The molecule has 0 aliphatic rings. The average Bonchev–Trinajstić information content (AvgIpc) is 2.95. The second kappa shape index (κ2) is 9.74. The first-order chi connectivity index (χ1) is 10.1. The van der Waals surface area contributed by atoms with Crippen LogP contribution in [-0.2, 0) is 16.0 Å². The van der Waals surface area contributed by atoms with Gasteiger partial charge in [-0.25, -0.2) is 4.98 Å². The smallest absolute Gasteiger partial charge is 0.246 e. The lowest BCUT2D eigenvalue weighted by Crippen LogP contribution is -2.26. The summed E-state index contributed by atoms with van der Waals surface area (Å²) in [7, 11) is 0. The molecule has 0 atom stereocenters. The highest BCUT2D eigenvalue weighted by Crippen LogP contribution is 1.99. The highest BCUT2D eigenvalue weighted by atomic mass is 16.2. The van der Waals surface area contributed by atoms with Crippen molar-refractivity contribution in [1.82, 2.24) is 20.6 Å². The molecule has 6 heteroatoms. The van der Waals surface area contributed by atoms with E-state index in [2.05, 4.69) is 27.2 Å². The van der Waals surface area contributed by atoms with Crippen LogP contribution in [0.1, 0.15) is 38.3 Å². The summed E-state index contributed by atoms with van der Waals surface area (Å²) in [5.74, 6) is -0.0352. The molecule has 3 N–H and O–H groups in total. The van der Waals surface area contributed by atoms with Crippen molar-refractivity contribution in [2.45, 2.75) is 39.0 Å². The quantitative estimate of drug-likeness (QED) is 0.449. The van der Waals surface area contributed by atoms with Crippen LogP contribution in [-0.4, -0.2) is 34.9 Å². The standard InChI is InChI=1S/C15H24N4O2/c1-12(2)15(21)18-8-5-3-4-6-14(20)17-9-7-13-10-16-11-19-13/h10-11H,1,3-9H2,2H3,(H,16,19)(H,17,20)(H,18,21). The third kappa shape index (κ3) is 7.91. The number of imidazole rings is 1. The summed E-state index contributed by atoms with van der Waals surface area (Å²) in [6.45, 7) is 6.51. The molecule has 0 spiro atoms. The molecule has 0 aliphatic heterocycles. The van der Waals surface area contributed by atoms with Crippen LogP contribution in [0.5, 0.6) is 0 Å². The van der Waals surface area contributed by atoms with Gasteiger partial charge in [0.2, 0.25) is 11.8 Å². The van der Waals surface area contributed by atoms with Crippen molar-refractivity contribution < 1.29 is 9.59 Å². The number of H-pyrrole nitrogens is 1. The molecular weight excluding hydrogens is 268 g/mol. The van der Waals surface area contributed by atoms with E-state index in [1.165, 1.54) is 0 Å². The number of carbonyl (C=O) groups excluding carboxylic acids is 2. The first kappa shape index (κ1) is 16.9. The summed E-state index contributed by atoms with van der Waals surface area (Å²) < 4.78 is 0. The number of amides is 2. The second-order valence-electron chi connectivity index (χ2n) is 5.02. The predicted molar refractivity (Wildman–Crippen MR) is 81.6 cm³/mol. The van der Waals surface area contributed by atoms with Crippen LogP contribution in [0.15, 0.2) is 24.7 Å². The van der Waals surface area contributed by atoms with Gasteiger partial charge in [-0.1, -0.05) is 13.0 Å². The van der Waals surface area contributed by atoms with Crippen LogP contribution in [0.25, 0.3) is 0 Å². The maximum Gasteiger partial charge on any atom is 0.246 e. The Bertz CT molecular complexity index is 454. The van der Waals surface area contributed by atoms with Gasteiger partial charge in [0.1, 0.15) is 0 Å². The summed E-state index contributed by atoms with van der Waals surface area (Å²) in [5, 5.41) is 5.65. The Morgan fingerprint density at radius 1 is 1.24 bits per heavy atom. The van der Waals surface area contributed by atoms with E-state index in [1.807, 2.05) is 0 Å². The van der Waals surface area contributed by atoms with Crippen LogP contribution >= 0.6 is 0 Å². The van der Waals surface area contributed by atoms with Gasteiger partial charge in [0.15, 0.2) is 0 Å². The number of aromatic nitrogens is 2. The zero-order chi connectivity index (χ0) is 15.5. The van der Waals surface area contributed by atoms with Crippen LogP contribution < -0.4 is 10.6 Å². The van der Waals surface area contributed by atoms with E-state index in [4.69, 9.17) is 0 Å². The molecule has 6 nitrogen and oxygen atoms in total. The van der Waals surface area contributed by atoms with Crippen molar-refractivity contribution in [3.8, 4) is 0 Å². The molecule has 0 saturated carbocycles. The van der Waals surface area contributed by atoms with Crippen molar-refractivity contribution in [1.29, 1.82) is 0 Å². The van der Waals surface area contributed by atoms with Gasteiger partial charge in [-0.3, -0.25) is 9.59 Å². The highest BCUT2D eigenvalue weighted by molar-refractivity contribution is 5.91. The van der Waals surface area contributed by atoms with Gasteiger partial charge in [-0.15, -0.1) is 0 Å². The average molecular weight is 292 g/mol. The topological polar surface area (TPSA) is 86.9 Å². The Balaban J connectivity index is 1.93. The van der Waals surface area contributed by atoms with Crippen molar-refractivity contribution >= 4 is 11.8 Å². The maximum atomic E-state index is 11.6. The molecule has 0 bridgehead atoms. The molecule has 1 rings (SSSR count). The molecule has 2 amide bonds. The minimum Gasteiger partial charge on any atom is -0.356 e. The summed E-state index contributed by atoms with van der Waals surface area (Å²) >= 11 is 0. The summed E-state index contributed by atoms with van der Waals surface area (Å²) in [6.07, 6.45) is 7.30. The summed E-state index contributed by atoms with van der Waals surface area (Å²) in [6, 6.07) is 0. The van der Waals surface area contributed by atoms with Crippen LogP contribution in [0.2, 0.25) is 0 Å². The molecule has 1 heterocycles. The molecule has 1 aromatic rings. The van der Waals surface area contributed by atoms with E-state index in [0.717, 1.165) is 31.4 Å². The normalized spacial score (nSPS) is 10.1. The number of hydrogen-bond donors (Lipinski definition) is 3. The van der Waals surface area contributed by atoms with Gasteiger partial charge in [-0.05, 0) is 19.8 Å². The second-order valence-corrected chi connectivity index (χ2v) is 5.02. The summed E-state index contributed by atoms with van der Waals surface area (Å²) in [4.78, 5) is 29.7. The lowest BCUT2D eigenvalue weighted by molar-refractivity contribution is -0.121. The highest BCUT2D eigenvalue weighted by Gasteiger charge is 2.02. The fourth-order valence-electron chi connectivity index (χ4n) is 1.79. The number of unbranched alkanes of at least 4 members (excludes halogenated alkanes) is 2. The SMILES string of the molecule is C=C(C)C(=O)NCCCCCC(=O)NCCc1cnc[nH]1. The third-order valence-corrected chi connectivity index (χ3v) is 3.03. The molecular formula is C15H24N4O2. The third-order valence-electron chi connectivity index (χ3n) is 3.03. The number of carbonyl (C=O) groups is 2. The Morgan fingerprint density at radius 3 is 2.71 bits per heavy atom. The lowest BCUT2D eigenvalue weighted by atomic mass is 10.2. The molecule has 0 fully saturated rings. The van der Waals surface area contributed by atoms with E-state index in [0.29, 0.717) is 25.1 Å². The number of hydrogen-bond acceptors (Lipinski definition) is 3. The van der Waals surface area contributed by atoms with E-state index in [-0.39, 0.29) is 11.8 Å². The zero-order valence-corrected chi connectivity index (χ0v) is 12.6. The molecule has 116 valence electrons. The Hall–Kier alpha value is -2.11.